The first-order chi connectivity index (χ1) is 10.1. The molecule has 0 radical (unpaired) electrons. The molecule has 3 heterocycles. The molecule has 0 amide bonds. The minimum absolute atomic E-state index is 0.799. The highest BCUT2D eigenvalue weighted by molar-refractivity contribution is 6.04. The lowest BCUT2D eigenvalue weighted by Crippen LogP contribution is -1.89. The van der Waals surface area contributed by atoms with Gasteiger partial charge in [0.2, 0.25) is 0 Å². The number of hydrogen-bond donors (Lipinski definition) is 1. The second-order valence-corrected chi connectivity index (χ2v) is 5.59. The van der Waals surface area contributed by atoms with Crippen molar-refractivity contribution in [3.63, 3.8) is 0 Å². The molecule has 0 aliphatic heterocycles. The predicted molar refractivity (Wildman–Crippen MR) is 85.3 cm³/mol. The topological polar surface area (TPSA) is 46.5 Å². The van der Waals surface area contributed by atoms with Crippen LogP contribution in [0.15, 0.2) is 36.7 Å². The number of rotatable bonds is 1. The molecule has 4 heteroatoms. The van der Waals surface area contributed by atoms with Crippen LogP contribution in [-0.4, -0.2) is 19.7 Å². The van der Waals surface area contributed by atoms with Gasteiger partial charge in [0, 0.05) is 35.8 Å². The van der Waals surface area contributed by atoms with Crippen LogP contribution in [0.3, 0.4) is 0 Å². The van der Waals surface area contributed by atoms with Crippen LogP contribution in [0.1, 0.15) is 11.1 Å². The van der Waals surface area contributed by atoms with Gasteiger partial charge in [-0.25, -0.2) is 9.97 Å². The molecular weight excluding hydrogens is 260 g/mol. The number of nitrogens with one attached hydrogen (secondary N) is 1. The van der Waals surface area contributed by atoms with E-state index in [0.717, 1.165) is 27.6 Å². The van der Waals surface area contributed by atoms with E-state index in [9.17, 15) is 0 Å². The third-order valence-electron chi connectivity index (χ3n) is 4.01. The van der Waals surface area contributed by atoms with Crippen molar-refractivity contribution in [1.82, 2.24) is 19.7 Å². The molecule has 104 valence electrons. The molecular formula is C17H16N4. The number of aromatic amines is 1. The van der Waals surface area contributed by atoms with E-state index in [1.54, 1.807) is 0 Å². The van der Waals surface area contributed by atoms with E-state index < -0.39 is 0 Å². The molecule has 4 rings (SSSR count). The highest BCUT2D eigenvalue weighted by Gasteiger charge is 2.12. The van der Waals surface area contributed by atoms with Crippen LogP contribution < -0.4 is 0 Å². The molecule has 0 aliphatic carbocycles. The monoisotopic (exact) mass is 276 g/mol. The Morgan fingerprint density at radius 1 is 1.14 bits per heavy atom. The Balaban J connectivity index is 2.02. The minimum Gasteiger partial charge on any atom is -0.305 e. The zero-order valence-electron chi connectivity index (χ0n) is 12.3. The van der Waals surface area contributed by atoms with Crippen molar-refractivity contribution in [3.8, 4) is 11.3 Å². The lowest BCUT2D eigenvalue weighted by Gasteiger charge is -2.03. The number of pyridine rings is 1. The van der Waals surface area contributed by atoms with E-state index in [4.69, 9.17) is 4.98 Å². The van der Waals surface area contributed by atoms with Crippen molar-refractivity contribution < 1.29 is 0 Å². The lowest BCUT2D eigenvalue weighted by atomic mass is 10.0. The van der Waals surface area contributed by atoms with Gasteiger partial charge in [0.25, 0.3) is 0 Å². The van der Waals surface area contributed by atoms with Crippen molar-refractivity contribution in [1.29, 1.82) is 0 Å². The summed E-state index contributed by atoms with van der Waals surface area (Å²) in [6.45, 7) is 4.23. The molecule has 0 unspecified atom stereocenters. The molecule has 0 spiro atoms. The molecule has 0 atom stereocenters. The second-order valence-electron chi connectivity index (χ2n) is 5.59. The average Bonchev–Trinajstić information content (AvgIpc) is 3.02. The zero-order valence-corrected chi connectivity index (χ0v) is 12.3. The molecule has 0 bridgehead atoms. The van der Waals surface area contributed by atoms with Crippen molar-refractivity contribution in [2.24, 2.45) is 7.05 Å². The molecule has 0 aliphatic rings. The highest BCUT2D eigenvalue weighted by atomic mass is 15.2. The fraction of sp³-hybridized carbons (Fsp3) is 0.176. The Morgan fingerprint density at radius 2 is 2.00 bits per heavy atom. The van der Waals surface area contributed by atoms with Crippen LogP contribution in [0.2, 0.25) is 0 Å². The number of nitrogens with zero attached hydrogens (tertiary/aromatic N) is 3. The Morgan fingerprint density at radius 3 is 2.81 bits per heavy atom. The molecule has 1 aromatic carbocycles. The number of H-pyrrole nitrogens is 1. The van der Waals surface area contributed by atoms with Gasteiger partial charge in [-0.2, -0.15) is 0 Å². The summed E-state index contributed by atoms with van der Waals surface area (Å²) in [5.41, 5.74) is 6.61. The zero-order chi connectivity index (χ0) is 14.6. The van der Waals surface area contributed by atoms with E-state index in [-0.39, 0.29) is 0 Å². The Kier molecular flexibility index (Phi) is 2.42. The summed E-state index contributed by atoms with van der Waals surface area (Å²) in [5, 5.41) is 5.38. The lowest BCUT2D eigenvalue weighted by molar-refractivity contribution is 0.799. The maximum Gasteiger partial charge on any atom is 0.162 e. The average molecular weight is 276 g/mol. The first kappa shape index (κ1) is 12.1. The largest absolute Gasteiger partial charge is 0.305 e. The van der Waals surface area contributed by atoms with Crippen LogP contribution in [0.4, 0.5) is 0 Å². The first-order valence-electron chi connectivity index (χ1n) is 7.00. The van der Waals surface area contributed by atoms with E-state index in [1.807, 2.05) is 24.1 Å². The Bertz CT molecular complexity index is 975. The highest BCUT2D eigenvalue weighted by Crippen LogP contribution is 2.30. The minimum atomic E-state index is 0.799. The van der Waals surface area contributed by atoms with Crippen molar-refractivity contribution in [3.05, 3.63) is 47.8 Å². The molecule has 4 aromatic rings. The molecule has 4 nitrogen and oxygen atoms in total. The van der Waals surface area contributed by atoms with Gasteiger partial charge in [-0.1, -0.05) is 23.8 Å². The van der Waals surface area contributed by atoms with Gasteiger partial charge in [-0.3, -0.25) is 4.68 Å². The van der Waals surface area contributed by atoms with Crippen molar-refractivity contribution in [2.45, 2.75) is 13.8 Å². The Hall–Kier alpha value is -2.62. The van der Waals surface area contributed by atoms with E-state index in [1.165, 1.54) is 16.7 Å². The number of benzene rings is 1. The molecule has 1 N–H and O–H groups in total. The van der Waals surface area contributed by atoms with Crippen LogP contribution in [0.5, 0.6) is 0 Å². The number of hydrogen-bond acceptors (Lipinski definition) is 2. The quantitative estimate of drug-likeness (QED) is 0.575. The predicted octanol–water partition coefficient (Wildman–Crippen LogP) is 3.73. The van der Waals surface area contributed by atoms with Crippen molar-refractivity contribution in [2.75, 3.05) is 0 Å². The standard InChI is InChI=1S/C17H16N4/c1-10-4-5-13(11(2)6-10)15-7-14-16-12(9-19-21(16)3)8-18-17(14)20-15/h4-9,19H,1-3H3. The number of fused-ring (bicyclic) bond motifs is 3. The molecule has 0 saturated heterocycles. The molecule has 0 fully saturated rings. The van der Waals surface area contributed by atoms with Gasteiger partial charge in [0.05, 0.1) is 11.2 Å². The van der Waals surface area contributed by atoms with Crippen LogP contribution in [0.25, 0.3) is 33.2 Å². The van der Waals surface area contributed by atoms with Crippen molar-refractivity contribution >= 4 is 21.9 Å². The summed E-state index contributed by atoms with van der Waals surface area (Å²) in [7, 11) is 2.01. The maximum absolute atomic E-state index is 4.71. The SMILES string of the molecule is Cc1ccc(-c2cc3c(ncc4c[nH]n(C)c43)n2)c(C)c1. The summed E-state index contributed by atoms with van der Waals surface area (Å²) >= 11 is 0. The third-order valence-corrected chi connectivity index (χ3v) is 4.01. The van der Waals surface area contributed by atoms with Crippen LogP contribution in [-0.2, 0) is 7.05 Å². The van der Waals surface area contributed by atoms with E-state index >= 15 is 0 Å². The summed E-state index contributed by atoms with van der Waals surface area (Å²) in [6.07, 6.45) is 3.83. The third kappa shape index (κ3) is 1.76. The smallest absolute Gasteiger partial charge is 0.162 e. The molecule has 0 saturated carbocycles. The van der Waals surface area contributed by atoms with Gasteiger partial charge in [-0.05, 0) is 25.5 Å². The summed E-state index contributed by atoms with van der Waals surface area (Å²) in [4.78, 5) is 9.18. The van der Waals surface area contributed by atoms with Gasteiger partial charge in [0.15, 0.2) is 5.65 Å². The number of aromatic nitrogens is 4. The fourth-order valence-electron chi connectivity index (χ4n) is 2.98. The van der Waals surface area contributed by atoms with Gasteiger partial charge >= 0.3 is 0 Å². The first-order valence-corrected chi connectivity index (χ1v) is 7.00. The van der Waals surface area contributed by atoms with Gasteiger partial charge < -0.3 is 5.10 Å². The molecule has 21 heavy (non-hydrogen) atoms. The maximum atomic E-state index is 4.71. The number of aryl methyl sites for hydroxylation is 3. The fourth-order valence-corrected chi connectivity index (χ4v) is 2.98. The summed E-state index contributed by atoms with van der Waals surface area (Å²) in [5.74, 6) is 0. The van der Waals surface area contributed by atoms with Gasteiger partial charge in [0.1, 0.15) is 0 Å². The summed E-state index contributed by atoms with van der Waals surface area (Å²) < 4.78 is 2.01. The van der Waals surface area contributed by atoms with E-state index in [2.05, 4.69) is 48.2 Å². The second kappa shape index (κ2) is 4.19. The molecule has 3 aromatic heterocycles. The van der Waals surface area contributed by atoms with Crippen LogP contribution >= 0.6 is 0 Å². The normalized spacial score (nSPS) is 11.6. The van der Waals surface area contributed by atoms with Crippen LogP contribution in [0, 0.1) is 13.8 Å². The van der Waals surface area contributed by atoms with Gasteiger partial charge in [-0.15, -0.1) is 0 Å². The van der Waals surface area contributed by atoms with E-state index in [0.29, 0.717) is 0 Å². The summed E-state index contributed by atoms with van der Waals surface area (Å²) in [6, 6.07) is 8.59. The Labute approximate surface area is 122 Å².